The van der Waals surface area contributed by atoms with Gasteiger partial charge in [0.15, 0.2) is 0 Å². The van der Waals surface area contributed by atoms with Gasteiger partial charge in [-0.15, -0.1) is 0 Å². The molecule has 0 bridgehead atoms. The molecule has 0 aromatic heterocycles. The first kappa shape index (κ1) is 13.8. The van der Waals surface area contributed by atoms with Gasteiger partial charge in [0.1, 0.15) is 0 Å². The van der Waals surface area contributed by atoms with Gasteiger partial charge in [0.2, 0.25) is 10.0 Å². The van der Waals surface area contributed by atoms with Crippen LogP contribution >= 0.6 is 0 Å². The molecule has 110 valence electrons. The third-order valence-corrected chi connectivity index (χ3v) is 7.19. The summed E-state index contributed by atoms with van der Waals surface area (Å²) >= 11 is 0. The molecule has 2 saturated carbocycles. The topological polar surface area (TPSA) is 98.5 Å². The molecule has 1 N–H and O–H groups in total. The Balaban J connectivity index is 1.80. The molecule has 7 heteroatoms. The summed E-state index contributed by atoms with van der Waals surface area (Å²) in [7, 11) is -3.53. The molecule has 0 amide bonds. The minimum Gasteiger partial charge on any atom is -0.481 e. The zero-order chi connectivity index (χ0) is 14.6. The van der Waals surface area contributed by atoms with Crippen molar-refractivity contribution in [3.63, 3.8) is 0 Å². The van der Waals surface area contributed by atoms with E-state index in [-0.39, 0.29) is 18.2 Å². The normalized spacial score (nSPS) is 35.5. The highest BCUT2D eigenvalue weighted by atomic mass is 32.2. The molecule has 0 radical (unpaired) electrons. The van der Waals surface area contributed by atoms with Gasteiger partial charge >= 0.3 is 5.97 Å². The molecule has 6 nitrogen and oxygen atoms in total. The van der Waals surface area contributed by atoms with Crippen LogP contribution in [0.2, 0.25) is 0 Å². The smallest absolute Gasteiger partial charge is 0.311 e. The molecule has 2 atom stereocenters. The molecule has 1 aliphatic heterocycles. The summed E-state index contributed by atoms with van der Waals surface area (Å²) in [6.45, 7) is 0.382. The van der Waals surface area contributed by atoms with E-state index in [0.717, 1.165) is 12.8 Å². The van der Waals surface area contributed by atoms with Crippen molar-refractivity contribution in [2.24, 2.45) is 16.7 Å². The van der Waals surface area contributed by atoms with Gasteiger partial charge in [-0.3, -0.25) is 4.79 Å². The van der Waals surface area contributed by atoms with E-state index in [9.17, 15) is 18.3 Å². The van der Waals surface area contributed by atoms with E-state index in [2.05, 4.69) is 6.07 Å². The fraction of sp³-hybridized carbons (Fsp3) is 0.846. The average molecular weight is 298 g/mol. The lowest BCUT2D eigenvalue weighted by atomic mass is 9.81. The highest BCUT2D eigenvalue weighted by Crippen LogP contribution is 2.51. The Morgan fingerprint density at radius 3 is 2.60 bits per heavy atom. The van der Waals surface area contributed by atoms with Gasteiger partial charge in [-0.25, -0.2) is 12.7 Å². The van der Waals surface area contributed by atoms with E-state index < -0.39 is 26.8 Å². The lowest BCUT2D eigenvalue weighted by molar-refractivity contribution is -0.149. The Morgan fingerprint density at radius 1 is 1.40 bits per heavy atom. The van der Waals surface area contributed by atoms with Crippen LogP contribution in [-0.4, -0.2) is 42.6 Å². The minimum absolute atomic E-state index is 0.0768. The fourth-order valence-electron chi connectivity index (χ4n) is 3.68. The van der Waals surface area contributed by atoms with Gasteiger partial charge in [-0.2, -0.15) is 5.26 Å². The van der Waals surface area contributed by atoms with Crippen LogP contribution in [0.3, 0.4) is 0 Å². The van der Waals surface area contributed by atoms with Gasteiger partial charge in [0.25, 0.3) is 0 Å². The lowest BCUT2D eigenvalue weighted by Gasteiger charge is -2.23. The Bertz CT molecular complexity index is 590. The van der Waals surface area contributed by atoms with Crippen molar-refractivity contribution in [3.05, 3.63) is 0 Å². The standard InChI is InChI=1S/C13H18N2O4S/c14-7-12(4-5-12)9-20(18,19)15-6-10-2-1-3-13(10,8-15)11(16)17/h10H,1-6,8-9H2,(H,16,17)/t10-,13+/m0/s1. The van der Waals surface area contributed by atoms with E-state index in [4.69, 9.17) is 5.26 Å². The summed E-state index contributed by atoms with van der Waals surface area (Å²) in [6.07, 6.45) is 3.45. The maximum absolute atomic E-state index is 12.4. The molecule has 1 heterocycles. The largest absolute Gasteiger partial charge is 0.481 e. The van der Waals surface area contributed by atoms with E-state index >= 15 is 0 Å². The summed E-state index contributed by atoms with van der Waals surface area (Å²) < 4.78 is 26.2. The second-order valence-electron chi connectivity index (χ2n) is 6.49. The Labute approximate surface area is 118 Å². The van der Waals surface area contributed by atoms with Crippen molar-refractivity contribution in [1.82, 2.24) is 4.31 Å². The van der Waals surface area contributed by atoms with Gasteiger partial charge in [0, 0.05) is 13.1 Å². The van der Waals surface area contributed by atoms with Crippen LogP contribution in [0.25, 0.3) is 0 Å². The first-order valence-corrected chi connectivity index (χ1v) is 8.57. The molecular weight excluding hydrogens is 280 g/mol. The number of carbonyl (C=O) groups is 1. The maximum Gasteiger partial charge on any atom is 0.311 e. The van der Waals surface area contributed by atoms with E-state index in [1.165, 1.54) is 4.31 Å². The molecule has 1 saturated heterocycles. The predicted molar refractivity (Wildman–Crippen MR) is 70.0 cm³/mol. The molecule has 0 spiro atoms. The molecule has 3 aliphatic rings. The number of hydrogen-bond acceptors (Lipinski definition) is 4. The highest BCUT2D eigenvalue weighted by Gasteiger charge is 2.58. The number of rotatable bonds is 4. The molecular formula is C13H18N2O4S. The van der Waals surface area contributed by atoms with Crippen LogP contribution in [0, 0.1) is 28.1 Å². The second kappa shape index (κ2) is 4.18. The number of carboxylic acid groups (broad SMARTS) is 1. The fourth-order valence-corrected chi connectivity index (χ4v) is 5.75. The first-order chi connectivity index (χ1) is 9.34. The maximum atomic E-state index is 12.4. The monoisotopic (exact) mass is 298 g/mol. The Kier molecular flexibility index (Phi) is 2.89. The van der Waals surface area contributed by atoms with Crippen molar-refractivity contribution < 1.29 is 18.3 Å². The van der Waals surface area contributed by atoms with Crippen LogP contribution in [0.5, 0.6) is 0 Å². The van der Waals surface area contributed by atoms with Crippen LogP contribution in [0.15, 0.2) is 0 Å². The van der Waals surface area contributed by atoms with Crippen LogP contribution in [0.1, 0.15) is 32.1 Å². The minimum atomic E-state index is -3.53. The predicted octanol–water partition coefficient (Wildman–Crippen LogP) is 0.807. The third kappa shape index (κ3) is 1.93. The van der Waals surface area contributed by atoms with Crippen molar-refractivity contribution in [1.29, 1.82) is 5.26 Å². The highest BCUT2D eigenvalue weighted by molar-refractivity contribution is 7.89. The number of fused-ring (bicyclic) bond motifs is 1. The third-order valence-electron chi connectivity index (χ3n) is 5.21. The Morgan fingerprint density at radius 2 is 2.10 bits per heavy atom. The van der Waals surface area contributed by atoms with Crippen molar-refractivity contribution >= 4 is 16.0 Å². The summed E-state index contributed by atoms with van der Waals surface area (Å²) in [5.41, 5.74) is -1.61. The van der Waals surface area contributed by atoms with E-state index in [0.29, 0.717) is 25.8 Å². The van der Waals surface area contributed by atoms with Crippen molar-refractivity contribution in [3.8, 4) is 6.07 Å². The molecule has 0 aromatic carbocycles. The molecule has 20 heavy (non-hydrogen) atoms. The SMILES string of the molecule is N#CC1(CS(=O)(=O)N2C[C@@H]3CCC[C@@]3(C(=O)O)C2)CC1. The Hall–Kier alpha value is -1.13. The van der Waals surface area contributed by atoms with Crippen molar-refractivity contribution in [2.45, 2.75) is 32.1 Å². The molecule has 2 aliphatic carbocycles. The van der Waals surface area contributed by atoms with Crippen LogP contribution in [0.4, 0.5) is 0 Å². The summed E-state index contributed by atoms with van der Waals surface area (Å²) in [5, 5.41) is 18.5. The molecule has 0 aromatic rings. The lowest BCUT2D eigenvalue weighted by Crippen LogP contribution is -2.39. The molecule has 3 fully saturated rings. The zero-order valence-corrected chi connectivity index (χ0v) is 12.0. The summed E-state index contributed by atoms with van der Waals surface area (Å²) in [6, 6.07) is 2.09. The van der Waals surface area contributed by atoms with Crippen LogP contribution < -0.4 is 0 Å². The van der Waals surface area contributed by atoms with Gasteiger partial charge in [-0.1, -0.05) is 6.42 Å². The molecule has 0 unspecified atom stereocenters. The van der Waals surface area contributed by atoms with Crippen LogP contribution in [-0.2, 0) is 14.8 Å². The number of nitriles is 1. The number of aliphatic carboxylic acids is 1. The number of carboxylic acids is 1. The second-order valence-corrected chi connectivity index (χ2v) is 8.46. The first-order valence-electron chi connectivity index (χ1n) is 6.96. The number of nitrogens with zero attached hydrogens (tertiary/aromatic N) is 2. The summed E-state index contributed by atoms with van der Waals surface area (Å²) in [4.78, 5) is 11.6. The van der Waals surface area contributed by atoms with E-state index in [1.54, 1.807) is 0 Å². The summed E-state index contributed by atoms with van der Waals surface area (Å²) in [5.74, 6) is -1.11. The van der Waals surface area contributed by atoms with Gasteiger partial charge in [-0.05, 0) is 31.6 Å². The van der Waals surface area contributed by atoms with Gasteiger partial charge < -0.3 is 5.11 Å². The number of sulfonamides is 1. The average Bonchev–Trinajstić information content (AvgIpc) is 2.85. The van der Waals surface area contributed by atoms with Gasteiger partial charge in [0.05, 0.1) is 22.7 Å². The van der Waals surface area contributed by atoms with Crippen molar-refractivity contribution in [2.75, 3.05) is 18.8 Å². The quantitative estimate of drug-likeness (QED) is 0.828. The molecule has 3 rings (SSSR count). The zero-order valence-electron chi connectivity index (χ0n) is 11.2. The van der Waals surface area contributed by atoms with E-state index in [1.807, 2.05) is 0 Å². The number of hydrogen-bond donors (Lipinski definition) is 1.